The largest absolute Gasteiger partial charge is 0.366 e. The minimum Gasteiger partial charge on any atom is -0.366 e. The molecule has 2 aromatic rings. The predicted octanol–water partition coefficient (Wildman–Crippen LogP) is 2.06. The summed E-state index contributed by atoms with van der Waals surface area (Å²) in [4.78, 5) is 14.8. The summed E-state index contributed by atoms with van der Waals surface area (Å²) in [7, 11) is 0. The van der Waals surface area contributed by atoms with Crippen molar-refractivity contribution < 1.29 is 9.18 Å². The first-order valence-corrected chi connectivity index (χ1v) is 4.94. The zero-order valence-corrected chi connectivity index (χ0v) is 8.85. The van der Waals surface area contributed by atoms with E-state index in [1.54, 1.807) is 24.3 Å². The molecule has 0 aliphatic rings. The third-order valence-electron chi connectivity index (χ3n) is 2.23. The number of primary amides is 1. The number of amides is 1. The Balaban J connectivity index is 2.37. The van der Waals surface area contributed by atoms with E-state index in [9.17, 15) is 9.18 Å². The minimum atomic E-state index is -0.567. The van der Waals surface area contributed by atoms with Crippen molar-refractivity contribution in [1.82, 2.24) is 4.98 Å². The Morgan fingerprint density at radius 3 is 2.71 bits per heavy atom. The number of benzene rings is 1. The number of nitrogens with zero attached hydrogens (tertiary/aromatic N) is 1. The van der Waals surface area contributed by atoms with Gasteiger partial charge in [-0.2, -0.15) is 0 Å². The lowest BCUT2D eigenvalue weighted by Gasteiger charge is -2.10. The van der Waals surface area contributed by atoms with Crippen LogP contribution >= 0.6 is 0 Å². The molecule has 0 aliphatic carbocycles. The molecule has 0 spiro atoms. The number of anilines is 2. The van der Waals surface area contributed by atoms with Crippen LogP contribution in [0.3, 0.4) is 0 Å². The van der Waals surface area contributed by atoms with Gasteiger partial charge in [-0.05, 0) is 18.2 Å². The van der Waals surface area contributed by atoms with Crippen molar-refractivity contribution in [2.75, 3.05) is 5.32 Å². The number of hydrogen-bond donors (Lipinski definition) is 2. The molecule has 1 aromatic heterocycles. The van der Waals surface area contributed by atoms with Crippen LogP contribution in [0.2, 0.25) is 0 Å². The lowest BCUT2D eigenvalue weighted by atomic mass is 10.1. The van der Waals surface area contributed by atoms with Gasteiger partial charge in [-0.3, -0.25) is 9.78 Å². The molecular formula is C12H10FN3O. The molecular weight excluding hydrogens is 221 g/mol. The molecule has 0 radical (unpaired) electrons. The van der Waals surface area contributed by atoms with Gasteiger partial charge in [0.2, 0.25) is 0 Å². The molecule has 0 saturated heterocycles. The summed E-state index contributed by atoms with van der Waals surface area (Å²) in [6.07, 6.45) is 2.55. The van der Waals surface area contributed by atoms with E-state index >= 15 is 0 Å². The molecule has 1 aromatic carbocycles. The van der Waals surface area contributed by atoms with E-state index in [2.05, 4.69) is 10.3 Å². The highest BCUT2D eigenvalue weighted by Crippen LogP contribution is 2.21. The average Bonchev–Trinajstić information content (AvgIpc) is 2.32. The Labute approximate surface area is 97.3 Å². The van der Waals surface area contributed by atoms with Gasteiger partial charge in [-0.15, -0.1) is 0 Å². The molecule has 86 valence electrons. The number of carbonyl (C=O) groups is 1. The quantitative estimate of drug-likeness (QED) is 0.849. The van der Waals surface area contributed by atoms with Crippen molar-refractivity contribution >= 4 is 17.3 Å². The van der Waals surface area contributed by atoms with Crippen LogP contribution < -0.4 is 11.1 Å². The van der Waals surface area contributed by atoms with Crippen molar-refractivity contribution in [2.24, 2.45) is 5.73 Å². The van der Waals surface area contributed by atoms with Gasteiger partial charge in [0.25, 0.3) is 5.91 Å². The summed E-state index contributed by atoms with van der Waals surface area (Å²) >= 11 is 0. The van der Waals surface area contributed by atoms with Crippen LogP contribution in [0.1, 0.15) is 10.4 Å². The molecule has 5 heteroatoms. The second-order valence-electron chi connectivity index (χ2n) is 3.39. The maximum absolute atomic E-state index is 13.4. The lowest BCUT2D eigenvalue weighted by Crippen LogP contribution is -2.13. The number of aromatic nitrogens is 1. The summed E-state index contributed by atoms with van der Waals surface area (Å²) in [6.45, 7) is 0. The van der Waals surface area contributed by atoms with Crippen molar-refractivity contribution in [1.29, 1.82) is 0 Å². The molecule has 0 atom stereocenters. The highest BCUT2D eigenvalue weighted by molar-refractivity contribution is 5.99. The van der Waals surface area contributed by atoms with E-state index in [4.69, 9.17) is 5.73 Å². The van der Waals surface area contributed by atoms with Crippen LogP contribution in [0, 0.1) is 5.82 Å². The minimum absolute atomic E-state index is 0.244. The summed E-state index contributed by atoms with van der Waals surface area (Å²) in [5, 5.41) is 2.81. The van der Waals surface area contributed by atoms with Crippen LogP contribution in [0.4, 0.5) is 15.8 Å². The highest BCUT2D eigenvalue weighted by atomic mass is 19.1. The lowest BCUT2D eigenvalue weighted by molar-refractivity contribution is 0.100. The van der Waals surface area contributed by atoms with E-state index in [-0.39, 0.29) is 5.69 Å². The van der Waals surface area contributed by atoms with Crippen LogP contribution in [0.15, 0.2) is 42.7 Å². The monoisotopic (exact) mass is 231 g/mol. The summed E-state index contributed by atoms with van der Waals surface area (Å²) in [5.41, 5.74) is 6.24. The van der Waals surface area contributed by atoms with Gasteiger partial charge in [0.05, 0.1) is 23.1 Å². The molecule has 2 rings (SSSR count). The molecule has 4 nitrogen and oxygen atoms in total. The van der Waals surface area contributed by atoms with Gasteiger partial charge in [0, 0.05) is 6.20 Å². The maximum Gasteiger partial charge on any atom is 0.250 e. The topological polar surface area (TPSA) is 68.0 Å². The molecule has 0 unspecified atom stereocenters. The van der Waals surface area contributed by atoms with Crippen molar-refractivity contribution in [2.45, 2.75) is 0 Å². The third-order valence-corrected chi connectivity index (χ3v) is 2.23. The number of carbonyl (C=O) groups excluding carboxylic acids is 1. The SMILES string of the molecule is NC(=O)c1ccccc1Nc1ccncc1F. The van der Waals surface area contributed by atoms with E-state index in [1.165, 1.54) is 12.3 Å². The van der Waals surface area contributed by atoms with Crippen LogP contribution in [-0.4, -0.2) is 10.9 Å². The first-order valence-electron chi connectivity index (χ1n) is 4.94. The first kappa shape index (κ1) is 11.1. The molecule has 0 saturated carbocycles. The number of hydrogen-bond acceptors (Lipinski definition) is 3. The zero-order valence-electron chi connectivity index (χ0n) is 8.85. The fourth-order valence-corrected chi connectivity index (χ4v) is 1.43. The Bertz CT molecular complexity index is 557. The molecule has 0 fully saturated rings. The standard InChI is InChI=1S/C12H10FN3O/c13-9-7-15-6-5-11(9)16-10-4-2-1-3-8(10)12(14)17/h1-7H,(H2,14,17)(H,15,16). The van der Waals surface area contributed by atoms with Crippen LogP contribution in [0.5, 0.6) is 0 Å². The van der Waals surface area contributed by atoms with Crippen molar-refractivity contribution in [3.8, 4) is 0 Å². The zero-order chi connectivity index (χ0) is 12.3. The van der Waals surface area contributed by atoms with Gasteiger partial charge in [-0.1, -0.05) is 12.1 Å². The first-order chi connectivity index (χ1) is 8.18. The summed E-state index contributed by atoms with van der Waals surface area (Å²) in [6, 6.07) is 8.12. The number of nitrogens with one attached hydrogen (secondary N) is 1. The van der Waals surface area contributed by atoms with Crippen molar-refractivity contribution in [3.05, 3.63) is 54.1 Å². The molecule has 17 heavy (non-hydrogen) atoms. The number of rotatable bonds is 3. The van der Waals surface area contributed by atoms with E-state index in [0.29, 0.717) is 11.3 Å². The molecule has 0 bridgehead atoms. The molecule has 1 heterocycles. The second kappa shape index (κ2) is 4.61. The summed E-state index contributed by atoms with van der Waals surface area (Å²) in [5.74, 6) is -1.06. The Morgan fingerprint density at radius 2 is 2.00 bits per heavy atom. The summed E-state index contributed by atoms with van der Waals surface area (Å²) < 4.78 is 13.4. The number of nitrogens with two attached hydrogens (primary N) is 1. The van der Waals surface area contributed by atoms with Gasteiger partial charge in [0.1, 0.15) is 0 Å². The second-order valence-corrected chi connectivity index (χ2v) is 3.39. The molecule has 1 amide bonds. The normalized spacial score (nSPS) is 9.94. The predicted molar refractivity (Wildman–Crippen MR) is 62.4 cm³/mol. The van der Waals surface area contributed by atoms with Gasteiger partial charge >= 0.3 is 0 Å². The number of halogens is 1. The third kappa shape index (κ3) is 2.39. The van der Waals surface area contributed by atoms with E-state index < -0.39 is 11.7 Å². The number of pyridine rings is 1. The molecule has 3 N–H and O–H groups in total. The number of para-hydroxylation sites is 1. The smallest absolute Gasteiger partial charge is 0.250 e. The maximum atomic E-state index is 13.4. The Hall–Kier alpha value is -2.43. The average molecular weight is 231 g/mol. The van der Waals surface area contributed by atoms with Crippen molar-refractivity contribution in [3.63, 3.8) is 0 Å². The van der Waals surface area contributed by atoms with E-state index in [1.807, 2.05) is 0 Å². The van der Waals surface area contributed by atoms with E-state index in [0.717, 1.165) is 6.20 Å². The Kier molecular flexibility index (Phi) is 3.00. The molecule has 0 aliphatic heterocycles. The van der Waals surface area contributed by atoms with Gasteiger partial charge in [-0.25, -0.2) is 4.39 Å². The Morgan fingerprint density at radius 1 is 1.24 bits per heavy atom. The van der Waals surface area contributed by atoms with Gasteiger partial charge < -0.3 is 11.1 Å². The van der Waals surface area contributed by atoms with Crippen LogP contribution in [-0.2, 0) is 0 Å². The highest BCUT2D eigenvalue weighted by Gasteiger charge is 2.08. The fourth-order valence-electron chi connectivity index (χ4n) is 1.43. The van der Waals surface area contributed by atoms with Gasteiger partial charge in [0.15, 0.2) is 5.82 Å². The fraction of sp³-hybridized carbons (Fsp3) is 0. The van der Waals surface area contributed by atoms with Crippen LogP contribution in [0.25, 0.3) is 0 Å².